The highest BCUT2D eigenvalue weighted by molar-refractivity contribution is 7.89. The Bertz CT molecular complexity index is 1210. The quantitative estimate of drug-likeness (QED) is 0.508. The van der Waals surface area contributed by atoms with Crippen molar-refractivity contribution in [2.75, 3.05) is 0 Å². The van der Waals surface area contributed by atoms with Crippen molar-refractivity contribution < 1.29 is 12.8 Å². The van der Waals surface area contributed by atoms with E-state index in [1.54, 1.807) is 18.2 Å². The van der Waals surface area contributed by atoms with Gasteiger partial charge in [-0.1, -0.05) is 11.6 Å². The first-order valence-corrected chi connectivity index (χ1v) is 8.75. The third-order valence-corrected chi connectivity index (χ3v) is 4.95. The lowest BCUT2D eigenvalue weighted by molar-refractivity contribution is 0.574. The Hall–Kier alpha value is -2.42. The molecule has 6 nitrogen and oxygen atoms in total. The zero-order valence-electron chi connectivity index (χ0n) is 12.0. The number of rotatable bonds is 2. The van der Waals surface area contributed by atoms with Crippen LogP contribution in [-0.2, 0) is 10.0 Å². The molecule has 24 heavy (non-hydrogen) atoms. The number of fused-ring (bicyclic) bond motifs is 2. The third kappa shape index (κ3) is 2.27. The van der Waals surface area contributed by atoms with E-state index in [0.29, 0.717) is 21.9 Å². The van der Waals surface area contributed by atoms with E-state index in [-0.39, 0.29) is 5.39 Å². The monoisotopic (exact) mass is 364 g/mol. The van der Waals surface area contributed by atoms with Gasteiger partial charge in [-0.05, 0) is 36.4 Å². The molecule has 0 aliphatic rings. The first-order chi connectivity index (χ1) is 11.3. The number of primary sulfonamides is 1. The van der Waals surface area contributed by atoms with Gasteiger partial charge in [-0.25, -0.2) is 17.9 Å². The zero-order chi connectivity index (χ0) is 17.1. The molecule has 0 saturated carbocycles. The second-order valence-corrected chi connectivity index (χ2v) is 7.30. The highest BCUT2D eigenvalue weighted by Gasteiger charge is 2.19. The highest BCUT2D eigenvalue weighted by atomic mass is 35.5. The molecule has 0 spiro atoms. The van der Waals surface area contributed by atoms with Crippen LogP contribution >= 0.6 is 11.6 Å². The van der Waals surface area contributed by atoms with Crippen molar-refractivity contribution in [1.29, 1.82) is 0 Å². The number of hydrogen-bond acceptors (Lipinski definition) is 3. The molecular weight excluding hydrogens is 355 g/mol. The predicted molar refractivity (Wildman–Crippen MR) is 89.7 cm³/mol. The molecule has 2 aromatic heterocycles. The normalized spacial score (nSPS) is 12.3. The second kappa shape index (κ2) is 5.04. The molecule has 2 aromatic carbocycles. The van der Waals surface area contributed by atoms with Crippen LogP contribution in [0, 0.1) is 5.82 Å². The fourth-order valence-electron chi connectivity index (χ4n) is 2.69. The van der Waals surface area contributed by atoms with Crippen molar-refractivity contribution in [3.05, 3.63) is 47.2 Å². The number of benzene rings is 2. The molecule has 4 rings (SSSR count). The number of nitrogens with zero attached hydrogens (tertiary/aromatic N) is 1. The summed E-state index contributed by atoms with van der Waals surface area (Å²) in [4.78, 5) is 2.49. The molecule has 122 valence electrons. The fourth-order valence-corrected chi connectivity index (χ4v) is 3.48. The summed E-state index contributed by atoms with van der Waals surface area (Å²) >= 11 is 5.95. The molecule has 0 atom stereocenters. The fraction of sp³-hybridized carbons (Fsp3) is 0. The van der Waals surface area contributed by atoms with E-state index in [9.17, 15) is 12.8 Å². The van der Waals surface area contributed by atoms with Crippen LogP contribution in [0.15, 0.2) is 41.3 Å². The van der Waals surface area contributed by atoms with E-state index < -0.39 is 20.7 Å². The predicted octanol–water partition coefficient (Wildman–Crippen LogP) is 3.15. The van der Waals surface area contributed by atoms with Crippen molar-refractivity contribution in [3.63, 3.8) is 0 Å². The Kier molecular flexibility index (Phi) is 3.17. The van der Waals surface area contributed by atoms with Crippen LogP contribution < -0.4 is 5.14 Å². The summed E-state index contributed by atoms with van der Waals surface area (Å²) in [6, 6.07) is 9.36. The molecule has 2 heterocycles. The van der Waals surface area contributed by atoms with Gasteiger partial charge in [0.05, 0.1) is 11.2 Å². The van der Waals surface area contributed by atoms with E-state index in [0.717, 1.165) is 17.0 Å². The van der Waals surface area contributed by atoms with Gasteiger partial charge in [0.15, 0.2) is 5.82 Å². The molecule has 0 unspecified atom stereocenters. The van der Waals surface area contributed by atoms with Crippen molar-refractivity contribution in [2.24, 2.45) is 5.14 Å². The number of aromatic nitrogens is 3. The summed E-state index contributed by atoms with van der Waals surface area (Å²) in [5.74, 6) is -0.889. The Morgan fingerprint density at radius 2 is 1.88 bits per heavy atom. The van der Waals surface area contributed by atoms with E-state index in [4.69, 9.17) is 16.7 Å². The van der Waals surface area contributed by atoms with Crippen LogP contribution in [0.3, 0.4) is 0 Å². The number of hydrogen-bond donors (Lipinski definition) is 3. The lowest BCUT2D eigenvalue weighted by atomic mass is 10.1. The number of H-pyrrole nitrogens is 2. The van der Waals surface area contributed by atoms with Gasteiger partial charge in [0.2, 0.25) is 10.0 Å². The van der Waals surface area contributed by atoms with E-state index in [1.165, 1.54) is 12.1 Å². The highest BCUT2D eigenvalue weighted by Crippen LogP contribution is 2.32. The van der Waals surface area contributed by atoms with E-state index >= 15 is 0 Å². The number of nitrogens with two attached hydrogens (primary N) is 1. The van der Waals surface area contributed by atoms with Gasteiger partial charge in [-0.15, -0.1) is 0 Å². The van der Waals surface area contributed by atoms with Crippen molar-refractivity contribution in [2.45, 2.75) is 4.90 Å². The molecule has 0 aliphatic carbocycles. The molecule has 0 amide bonds. The van der Waals surface area contributed by atoms with Crippen molar-refractivity contribution in [1.82, 2.24) is 15.2 Å². The van der Waals surface area contributed by atoms with Gasteiger partial charge < -0.3 is 4.98 Å². The molecule has 0 aliphatic heterocycles. The van der Waals surface area contributed by atoms with Crippen LogP contribution in [0.2, 0.25) is 5.02 Å². The minimum absolute atomic E-state index is 0.127. The van der Waals surface area contributed by atoms with Crippen molar-refractivity contribution >= 4 is 43.4 Å². The molecule has 0 fully saturated rings. The first-order valence-electron chi connectivity index (χ1n) is 6.82. The van der Waals surface area contributed by atoms with Gasteiger partial charge in [0.1, 0.15) is 10.6 Å². The van der Waals surface area contributed by atoms with Gasteiger partial charge in [-0.3, -0.25) is 5.10 Å². The van der Waals surface area contributed by atoms with Crippen molar-refractivity contribution in [3.8, 4) is 11.4 Å². The van der Waals surface area contributed by atoms with Gasteiger partial charge in [0.25, 0.3) is 0 Å². The Morgan fingerprint density at radius 3 is 2.62 bits per heavy atom. The number of sulfonamides is 1. The van der Waals surface area contributed by atoms with Gasteiger partial charge >= 0.3 is 0 Å². The zero-order valence-corrected chi connectivity index (χ0v) is 13.5. The maximum Gasteiger partial charge on any atom is 0.240 e. The Balaban J connectivity index is 1.96. The summed E-state index contributed by atoms with van der Waals surface area (Å²) in [7, 11) is -4.13. The lowest BCUT2D eigenvalue weighted by Gasteiger charge is -2.00. The molecule has 4 aromatic rings. The summed E-state index contributed by atoms with van der Waals surface area (Å²) in [5.41, 5.74) is 2.31. The third-order valence-electron chi connectivity index (χ3n) is 3.79. The largest absolute Gasteiger partial charge is 0.353 e. The number of halogens is 2. The average molecular weight is 365 g/mol. The van der Waals surface area contributed by atoms with Crippen LogP contribution in [0.4, 0.5) is 4.39 Å². The summed E-state index contributed by atoms with van der Waals surface area (Å²) in [6.07, 6.45) is 0. The number of aromatic amines is 2. The summed E-state index contributed by atoms with van der Waals surface area (Å²) in [5, 5.41) is 13.6. The van der Waals surface area contributed by atoms with Crippen LogP contribution in [0.5, 0.6) is 0 Å². The smallest absolute Gasteiger partial charge is 0.240 e. The standard InChI is InChI=1S/C15H10ClFN4O2S/c16-7-1-2-8-11(5-7)20-21-15(8)12-6-9-10(19-12)3-4-13(14(9)17)24(18,22)23/h1-6,19H,(H,20,21)(H2,18,22,23). The minimum Gasteiger partial charge on any atom is -0.353 e. The van der Waals surface area contributed by atoms with Crippen LogP contribution in [0.1, 0.15) is 0 Å². The van der Waals surface area contributed by atoms with E-state index in [2.05, 4.69) is 15.2 Å². The first kappa shape index (κ1) is 15.1. The van der Waals surface area contributed by atoms with Crippen LogP contribution in [0.25, 0.3) is 33.2 Å². The Morgan fingerprint density at radius 1 is 1.08 bits per heavy atom. The summed E-state index contributed by atoms with van der Waals surface area (Å²) < 4.78 is 37.3. The second-order valence-electron chi connectivity index (χ2n) is 5.33. The molecule has 0 radical (unpaired) electrons. The SMILES string of the molecule is NS(=O)(=O)c1ccc2[nH]c(-c3n[nH]c4cc(Cl)ccc34)cc2c1F. The van der Waals surface area contributed by atoms with Crippen LogP contribution in [-0.4, -0.2) is 23.6 Å². The topological polar surface area (TPSA) is 105 Å². The van der Waals surface area contributed by atoms with Gasteiger partial charge in [0, 0.05) is 21.3 Å². The molecule has 0 saturated heterocycles. The Labute approximate surface area is 140 Å². The van der Waals surface area contributed by atoms with E-state index in [1.807, 2.05) is 0 Å². The molecular formula is C15H10ClFN4O2S. The molecule has 9 heteroatoms. The molecule has 4 N–H and O–H groups in total. The lowest BCUT2D eigenvalue weighted by Crippen LogP contribution is -2.13. The number of nitrogens with one attached hydrogen (secondary N) is 2. The average Bonchev–Trinajstić information content (AvgIpc) is 3.09. The minimum atomic E-state index is -4.13. The molecule has 0 bridgehead atoms. The van der Waals surface area contributed by atoms with Gasteiger partial charge in [-0.2, -0.15) is 5.10 Å². The maximum absolute atomic E-state index is 14.5. The maximum atomic E-state index is 14.5. The summed E-state index contributed by atoms with van der Waals surface area (Å²) in [6.45, 7) is 0.